The highest BCUT2D eigenvalue weighted by Gasteiger charge is 2.38. The van der Waals surface area contributed by atoms with Crippen LogP contribution in [0.1, 0.15) is 27.2 Å². The van der Waals surface area contributed by atoms with Gasteiger partial charge in [-0.3, -0.25) is 9.59 Å². The molecule has 2 atom stereocenters. The molecule has 1 aliphatic rings. The Morgan fingerprint density at radius 3 is 2.39 bits per heavy atom. The molecule has 164 valence electrons. The third-order valence-electron chi connectivity index (χ3n) is 4.23. The number of nitrogens with zero attached hydrogens (tertiary/aromatic N) is 1. The van der Waals surface area contributed by atoms with Gasteiger partial charge in [-0.05, 0) is 12.5 Å². The van der Waals surface area contributed by atoms with Gasteiger partial charge in [0.2, 0.25) is 11.8 Å². The van der Waals surface area contributed by atoms with Gasteiger partial charge in [-0.25, -0.2) is 0 Å². The van der Waals surface area contributed by atoms with Crippen molar-refractivity contribution in [1.29, 1.82) is 0 Å². The summed E-state index contributed by atoms with van der Waals surface area (Å²) in [5.41, 5.74) is 0. The van der Waals surface area contributed by atoms with Crippen molar-refractivity contribution >= 4 is 11.8 Å². The molecule has 0 radical (unpaired) electrons. The van der Waals surface area contributed by atoms with Gasteiger partial charge in [0, 0.05) is 26.1 Å². The number of carbonyl (C=O) groups excluding carboxylic acids is 2. The van der Waals surface area contributed by atoms with E-state index in [4.69, 9.17) is 14.2 Å². The molecule has 0 aromatic carbocycles. The average molecular weight is 404 g/mol. The molecule has 0 aliphatic carbocycles. The molecule has 0 spiro atoms. The molecule has 1 aliphatic heterocycles. The number of hydrogen-bond donors (Lipinski definition) is 3. The fourth-order valence-corrected chi connectivity index (χ4v) is 2.76. The number of likely N-dealkylation sites (tertiary alicyclic amines) is 1. The molecule has 0 aromatic rings. The van der Waals surface area contributed by atoms with Crippen LogP contribution in [0.2, 0.25) is 0 Å². The predicted molar refractivity (Wildman–Crippen MR) is 105 cm³/mol. The van der Waals surface area contributed by atoms with Gasteiger partial charge in [0.15, 0.2) is 0 Å². The second kappa shape index (κ2) is 14.7. The first-order valence-electron chi connectivity index (χ1n) is 10.1. The topological polar surface area (TPSA) is 109 Å². The van der Waals surface area contributed by atoms with E-state index < -0.39 is 12.1 Å². The highest BCUT2D eigenvalue weighted by Crippen LogP contribution is 2.18. The molecule has 0 bridgehead atoms. The number of nitrogens with one attached hydrogen (secondary N) is 2. The lowest BCUT2D eigenvalue weighted by Gasteiger charge is -2.24. The summed E-state index contributed by atoms with van der Waals surface area (Å²) in [6, 6.07) is -0.638. The number of likely N-dealkylation sites (N-methyl/N-ethyl adjacent to an activating group) is 1. The summed E-state index contributed by atoms with van der Waals surface area (Å²) in [4.78, 5) is 26.0. The molecule has 28 heavy (non-hydrogen) atoms. The van der Waals surface area contributed by atoms with Crippen LogP contribution in [-0.2, 0) is 23.8 Å². The molecule has 1 fully saturated rings. The molecular weight excluding hydrogens is 366 g/mol. The van der Waals surface area contributed by atoms with E-state index in [0.717, 1.165) is 13.1 Å². The van der Waals surface area contributed by atoms with E-state index in [9.17, 15) is 14.7 Å². The zero-order valence-corrected chi connectivity index (χ0v) is 17.4. The molecular formula is C19H37N3O6. The van der Waals surface area contributed by atoms with Crippen LogP contribution in [0.4, 0.5) is 0 Å². The number of ether oxygens (including phenoxy) is 3. The van der Waals surface area contributed by atoms with Gasteiger partial charge in [0.05, 0.1) is 39.1 Å². The Balaban J connectivity index is 2.15. The lowest BCUT2D eigenvalue weighted by Crippen LogP contribution is -2.47. The van der Waals surface area contributed by atoms with Crippen molar-refractivity contribution in [3.05, 3.63) is 0 Å². The van der Waals surface area contributed by atoms with Crippen molar-refractivity contribution in [3.63, 3.8) is 0 Å². The Kier molecular flexibility index (Phi) is 13.0. The lowest BCUT2D eigenvalue weighted by atomic mass is 10.1. The minimum Gasteiger partial charge on any atom is -0.391 e. The Hall–Kier alpha value is -1.26. The van der Waals surface area contributed by atoms with E-state index in [1.165, 1.54) is 4.90 Å². The second-order valence-electron chi connectivity index (χ2n) is 7.22. The quantitative estimate of drug-likeness (QED) is 0.313. The van der Waals surface area contributed by atoms with E-state index in [-0.39, 0.29) is 38.0 Å². The third kappa shape index (κ3) is 10.3. The molecule has 2 unspecified atom stereocenters. The molecule has 0 aromatic heterocycles. The van der Waals surface area contributed by atoms with Gasteiger partial charge >= 0.3 is 0 Å². The predicted octanol–water partition coefficient (Wildman–Crippen LogP) is -0.620. The minimum atomic E-state index is -0.686. The summed E-state index contributed by atoms with van der Waals surface area (Å²) >= 11 is 0. The molecule has 1 rings (SSSR count). The normalized spacial score (nSPS) is 19.4. The van der Waals surface area contributed by atoms with Gasteiger partial charge in [-0.15, -0.1) is 0 Å². The minimum absolute atomic E-state index is 0.136. The van der Waals surface area contributed by atoms with Crippen LogP contribution in [0, 0.1) is 5.92 Å². The summed E-state index contributed by atoms with van der Waals surface area (Å²) in [5.74, 6) is -0.203. The summed E-state index contributed by atoms with van der Waals surface area (Å²) in [6.45, 7) is 10.6. The molecule has 1 heterocycles. The highest BCUT2D eigenvalue weighted by molar-refractivity contribution is 5.88. The van der Waals surface area contributed by atoms with Crippen LogP contribution in [0.5, 0.6) is 0 Å². The number of amides is 2. The summed E-state index contributed by atoms with van der Waals surface area (Å²) in [6.07, 6.45) is -0.429. The van der Waals surface area contributed by atoms with Crippen LogP contribution in [0.15, 0.2) is 0 Å². The summed E-state index contributed by atoms with van der Waals surface area (Å²) < 4.78 is 16.1. The number of carbonyl (C=O) groups is 2. The van der Waals surface area contributed by atoms with Crippen molar-refractivity contribution in [2.24, 2.45) is 5.92 Å². The SMILES string of the molecule is CCNCCOCCOCCOCC(=O)N1CC(O)CC1C(=O)NCC(C)C. The van der Waals surface area contributed by atoms with Gasteiger partial charge < -0.3 is 34.9 Å². The monoisotopic (exact) mass is 403 g/mol. The van der Waals surface area contributed by atoms with E-state index >= 15 is 0 Å². The molecule has 9 nitrogen and oxygen atoms in total. The highest BCUT2D eigenvalue weighted by atomic mass is 16.5. The first-order chi connectivity index (χ1) is 13.5. The first kappa shape index (κ1) is 24.8. The van der Waals surface area contributed by atoms with Crippen LogP contribution >= 0.6 is 0 Å². The Morgan fingerprint density at radius 2 is 1.75 bits per heavy atom. The van der Waals surface area contributed by atoms with E-state index in [1.807, 2.05) is 20.8 Å². The fourth-order valence-electron chi connectivity index (χ4n) is 2.76. The largest absolute Gasteiger partial charge is 0.391 e. The van der Waals surface area contributed by atoms with Crippen molar-refractivity contribution < 1.29 is 28.9 Å². The smallest absolute Gasteiger partial charge is 0.249 e. The van der Waals surface area contributed by atoms with Crippen molar-refractivity contribution in [2.45, 2.75) is 39.3 Å². The van der Waals surface area contributed by atoms with Gasteiger partial charge in [0.1, 0.15) is 12.6 Å². The maximum atomic E-state index is 12.3. The maximum absolute atomic E-state index is 12.3. The molecule has 2 amide bonds. The second-order valence-corrected chi connectivity index (χ2v) is 7.22. The van der Waals surface area contributed by atoms with Gasteiger partial charge in [-0.1, -0.05) is 20.8 Å². The number of rotatable bonds is 15. The Bertz CT molecular complexity index is 449. The molecule has 9 heteroatoms. The fraction of sp³-hybridized carbons (Fsp3) is 0.895. The van der Waals surface area contributed by atoms with Crippen LogP contribution < -0.4 is 10.6 Å². The molecule has 1 saturated heterocycles. The van der Waals surface area contributed by atoms with Gasteiger partial charge in [0.25, 0.3) is 0 Å². The number of hydrogen-bond acceptors (Lipinski definition) is 7. The van der Waals surface area contributed by atoms with E-state index in [1.54, 1.807) is 0 Å². The molecule has 0 saturated carbocycles. The lowest BCUT2D eigenvalue weighted by molar-refractivity contribution is -0.142. The number of aliphatic hydroxyl groups is 1. The van der Waals surface area contributed by atoms with E-state index in [0.29, 0.717) is 38.9 Å². The van der Waals surface area contributed by atoms with Crippen molar-refractivity contribution in [1.82, 2.24) is 15.5 Å². The number of β-amino-alcohol motifs (C(OH)–C–C–N with tert-alkyl or cyclic N) is 1. The van der Waals surface area contributed by atoms with E-state index in [2.05, 4.69) is 10.6 Å². The Morgan fingerprint density at radius 1 is 1.11 bits per heavy atom. The van der Waals surface area contributed by atoms with Gasteiger partial charge in [-0.2, -0.15) is 0 Å². The first-order valence-corrected chi connectivity index (χ1v) is 10.1. The van der Waals surface area contributed by atoms with Crippen LogP contribution in [0.25, 0.3) is 0 Å². The zero-order valence-electron chi connectivity index (χ0n) is 17.4. The Labute approximate surface area is 168 Å². The standard InChI is InChI=1S/C19H37N3O6/c1-4-20-5-6-26-7-8-27-9-10-28-14-18(24)22-13-16(23)11-17(22)19(25)21-12-15(2)3/h15-17,20,23H,4-14H2,1-3H3,(H,21,25). The third-order valence-corrected chi connectivity index (χ3v) is 4.23. The van der Waals surface area contributed by atoms with Crippen molar-refractivity contribution in [3.8, 4) is 0 Å². The maximum Gasteiger partial charge on any atom is 0.249 e. The zero-order chi connectivity index (χ0) is 20.8. The summed E-state index contributed by atoms with van der Waals surface area (Å²) in [5, 5.41) is 15.8. The van der Waals surface area contributed by atoms with Crippen LogP contribution in [-0.4, -0.2) is 99.8 Å². The van der Waals surface area contributed by atoms with Crippen LogP contribution in [0.3, 0.4) is 0 Å². The van der Waals surface area contributed by atoms with Crippen molar-refractivity contribution in [2.75, 3.05) is 65.8 Å². The summed E-state index contributed by atoms with van der Waals surface area (Å²) in [7, 11) is 0. The average Bonchev–Trinajstić information content (AvgIpc) is 3.06. The number of aliphatic hydroxyl groups excluding tert-OH is 1. The molecule has 3 N–H and O–H groups in total.